The van der Waals surface area contributed by atoms with E-state index in [0.717, 1.165) is 17.9 Å². The van der Waals surface area contributed by atoms with Gasteiger partial charge in [-0.25, -0.2) is 4.68 Å². The highest BCUT2D eigenvalue weighted by Crippen LogP contribution is 2.28. The van der Waals surface area contributed by atoms with Crippen molar-refractivity contribution < 1.29 is 9.90 Å². The fourth-order valence-corrected chi connectivity index (χ4v) is 2.45. The number of carboxylic acid groups (broad SMARTS) is 1. The molecule has 1 saturated carbocycles. The van der Waals surface area contributed by atoms with Crippen LogP contribution in [0, 0.1) is 0 Å². The maximum absolute atomic E-state index is 10.7. The van der Waals surface area contributed by atoms with E-state index in [-0.39, 0.29) is 6.42 Å². The zero-order valence-electron chi connectivity index (χ0n) is 11.9. The molecule has 1 aromatic carbocycles. The predicted octanol–water partition coefficient (Wildman–Crippen LogP) is 2.31. The smallest absolute Gasteiger partial charge is 0.304 e. The highest BCUT2D eigenvalue weighted by molar-refractivity contribution is 5.66. The summed E-state index contributed by atoms with van der Waals surface area (Å²) >= 11 is 0. The highest BCUT2D eigenvalue weighted by atomic mass is 16.4. The molecular weight excluding hydrogens is 266 g/mol. The molecule has 1 fully saturated rings. The van der Waals surface area contributed by atoms with Crippen molar-refractivity contribution in [2.75, 3.05) is 6.54 Å². The Bertz CT molecular complexity index is 605. The summed E-state index contributed by atoms with van der Waals surface area (Å²) in [5, 5.41) is 13.4. The van der Waals surface area contributed by atoms with Gasteiger partial charge in [0.2, 0.25) is 0 Å². The molecule has 1 aromatic heterocycles. The molecule has 0 aliphatic heterocycles. The summed E-state index contributed by atoms with van der Waals surface area (Å²) < 4.78 is 1.86. The van der Waals surface area contributed by atoms with Crippen LogP contribution in [0.15, 0.2) is 42.6 Å². The van der Waals surface area contributed by atoms with E-state index in [2.05, 4.69) is 10.00 Å². The molecular formula is C16H19N3O2. The lowest BCUT2D eigenvalue weighted by atomic mass is 10.3. The van der Waals surface area contributed by atoms with Crippen LogP contribution >= 0.6 is 0 Å². The monoisotopic (exact) mass is 285 g/mol. The number of aliphatic carboxylic acids is 1. The number of hydrogen-bond acceptors (Lipinski definition) is 3. The molecule has 1 aliphatic rings. The number of rotatable bonds is 7. The fourth-order valence-electron chi connectivity index (χ4n) is 2.45. The summed E-state index contributed by atoms with van der Waals surface area (Å²) in [5.74, 6) is -0.740. The van der Waals surface area contributed by atoms with Gasteiger partial charge in [-0.05, 0) is 31.0 Å². The molecule has 0 saturated heterocycles. The summed E-state index contributed by atoms with van der Waals surface area (Å²) in [6.45, 7) is 1.32. The van der Waals surface area contributed by atoms with Crippen molar-refractivity contribution in [2.24, 2.45) is 0 Å². The lowest BCUT2D eigenvalue weighted by Gasteiger charge is -2.19. The molecule has 3 rings (SSSR count). The third-order valence-corrected chi connectivity index (χ3v) is 3.71. The Morgan fingerprint density at radius 1 is 1.29 bits per heavy atom. The lowest BCUT2D eigenvalue weighted by molar-refractivity contribution is -0.137. The third kappa shape index (κ3) is 3.70. The van der Waals surface area contributed by atoms with Crippen LogP contribution in [0.4, 0.5) is 0 Å². The molecule has 0 unspecified atom stereocenters. The number of aromatic nitrogens is 2. The van der Waals surface area contributed by atoms with Crippen molar-refractivity contribution >= 4 is 5.97 Å². The van der Waals surface area contributed by atoms with Crippen LogP contribution in [0.25, 0.3) is 5.69 Å². The van der Waals surface area contributed by atoms with Crippen molar-refractivity contribution in [1.29, 1.82) is 0 Å². The molecule has 1 N–H and O–H groups in total. The standard InChI is InChI=1S/C16H19N3O2/c20-16(21)9-10-18(14-6-7-14)12-13-8-11-19(17-13)15-4-2-1-3-5-15/h1-5,8,11,14H,6-7,9-10,12H2,(H,20,21). The molecule has 0 spiro atoms. The Morgan fingerprint density at radius 2 is 2.05 bits per heavy atom. The van der Waals surface area contributed by atoms with Gasteiger partial charge in [-0.15, -0.1) is 0 Å². The number of hydrogen-bond donors (Lipinski definition) is 1. The first-order valence-electron chi connectivity index (χ1n) is 7.28. The third-order valence-electron chi connectivity index (χ3n) is 3.71. The molecule has 0 bridgehead atoms. The molecule has 0 atom stereocenters. The van der Waals surface area contributed by atoms with Crippen LogP contribution in [0.5, 0.6) is 0 Å². The minimum Gasteiger partial charge on any atom is -0.481 e. The zero-order valence-corrected chi connectivity index (χ0v) is 11.9. The molecule has 1 heterocycles. The van der Waals surface area contributed by atoms with Crippen molar-refractivity contribution in [3.8, 4) is 5.69 Å². The molecule has 5 heteroatoms. The van der Waals surface area contributed by atoms with E-state index in [1.807, 2.05) is 47.3 Å². The maximum atomic E-state index is 10.7. The maximum Gasteiger partial charge on any atom is 0.304 e. The predicted molar refractivity (Wildman–Crippen MR) is 79.2 cm³/mol. The van der Waals surface area contributed by atoms with Crippen LogP contribution in [0.1, 0.15) is 25.0 Å². The molecule has 110 valence electrons. The average molecular weight is 285 g/mol. The highest BCUT2D eigenvalue weighted by Gasteiger charge is 2.29. The largest absolute Gasteiger partial charge is 0.481 e. The Kier molecular flexibility index (Phi) is 4.01. The first kappa shape index (κ1) is 13.8. The van der Waals surface area contributed by atoms with Gasteiger partial charge < -0.3 is 5.11 Å². The first-order chi connectivity index (χ1) is 10.2. The van der Waals surface area contributed by atoms with Gasteiger partial charge in [0.05, 0.1) is 17.8 Å². The number of benzene rings is 1. The van der Waals surface area contributed by atoms with E-state index < -0.39 is 5.97 Å². The molecule has 1 aliphatic carbocycles. The summed E-state index contributed by atoms with van der Waals surface area (Å²) in [4.78, 5) is 13.0. The van der Waals surface area contributed by atoms with E-state index in [1.54, 1.807) is 0 Å². The second-order valence-corrected chi connectivity index (χ2v) is 5.43. The Balaban J connectivity index is 1.66. The minimum atomic E-state index is -0.740. The van der Waals surface area contributed by atoms with Crippen LogP contribution in [-0.2, 0) is 11.3 Å². The van der Waals surface area contributed by atoms with E-state index in [0.29, 0.717) is 12.6 Å². The van der Waals surface area contributed by atoms with Crippen LogP contribution < -0.4 is 0 Å². The van der Waals surface area contributed by atoms with Crippen molar-refractivity contribution in [3.63, 3.8) is 0 Å². The molecule has 2 aromatic rings. The molecule has 0 amide bonds. The van der Waals surface area contributed by atoms with Crippen molar-refractivity contribution in [1.82, 2.24) is 14.7 Å². The topological polar surface area (TPSA) is 58.4 Å². The van der Waals surface area contributed by atoms with Crippen LogP contribution in [0.2, 0.25) is 0 Å². The van der Waals surface area contributed by atoms with Crippen LogP contribution in [0.3, 0.4) is 0 Å². The Morgan fingerprint density at radius 3 is 2.71 bits per heavy atom. The minimum absolute atomic E-state index is 0.190. The van der Waals surface area contributed by atoms with Gasteiger partial charge in [-0.3, -0.25) is 9.69 Å². The first-order valence-corrected chi connectivity index (χ1v) is 7.28. The summed E-state index contributed by atoms with van der Waals surface area (Å²) in [5.41, 5.74) is 2.02. The number of carbonyl (C=O) groups is 1. The zero-order chi connectivity index (χ0) is 14.7. The summed E-state index contributed by atoms with van der Waals surface area (Å²) in [6.07, 6.45) is 4.47. The van der Waals surface area contributed by atoms with Gasteiger partial charge in [0.25, 0.3) is 0 Å². The van der Waals surface area contributed by atoms with Crippen molar-refractivity contribution in [2.45, 2.75) is 31.8 Å². The Labute approximate surface area is 123 Å². The van der Waals surface area contributed by atoms with Gasteiger partial charge in [0.1, 0.15) is 0 Å². The lowest BCUT2D eigenvalue weighted by Crippen LogP contribution is -2.28. The molecule has 5 nitrogen and oxygen atoms in total. The molecule has 21 heavy (non-hydrogen) atoms. The number of nitrogens with zero attached hydrogens (tertiary/aromatic N) is 3. The Hall–Kier alpha value is -2.14. The normalized spacial score (nSPS) is 14.5. The van der Waals surface area contributed by atoms with Gasteiger partial charge in [-0.2, -0.15) is 5.10 Å². The SMILES string of the molecule is O=C(O)CCN(Cc1ccn(-c2ccccc2)n1)C1CC1. The van der Waals surface area contributed by atoms with Gasteiger partial charge in [0.15, 0.2) is 0 Å². The fraction of sp³-hybridized carbons (Fsp3) is 0.375. The van der Waals surface area contributed by atoms with E-state index in [1.165, 1.54) is 12.8 Å². The average Bonchev–Trinajstić information content (AvgIpc) is 3.23. The quantitative estimate of drug-likeness (QED) is 0.848. The molecule has 0 radical (unpaired) electrons. The van der Waals surface area contributed by atoms with E-state index >= 15 is 0 Å². The van der Waals surface area contributed by atoms with Crippen LogP contribution in [-0.4, -0.2) is 38.3 Å². The van der Waals surface area contributed by atoms with E-state index in [4.69, 9.17) is 5.11 Å². The van der Waals surface area contributed by atoms with Gasteiger partial charge in [0, 0.05) is 25.3 Å². The van der Waals surface area contributed by atoms with Crippen molar-refractivity contribution in [3.05, 3.63) is 48.3 Å². The second kappa shape index (κ2) is 6.10. The van der Waals surface area contributed by atoms with Gasteiger partial charge in [-0.1, -0.05) is 18.2 Å². The summed E-state index contributed by atoms with van der Waals surface area (Å²) in [7, 11) is 0. The number of para-hydroxylation sites is 1. The van der Waals surface area contributed by atoms with E-state index in [9.17, 15) is 4.79 Å². The summed E-state index contributed by atoms with van der Waals surface area (Å²) in [6, 6.07) is 12.5. The van der Waals surface area contributed by atoms with Gasteiger partial charge >= 0.3 is 5.97 Å². The number of carboxylic acids is 1. The second-order valence-electron chi connectivity index (χ2n) is 5.43.